The van der Waals surface area contributed by atoms with E-state index in [4.69, 9.17) is 0 Å². The minimum atomic E-state index is -0.775. The van der Waals surface area contributed by atoms with Crippen molar-refractivity contribution in [2.45, 2.75) is 12.8 Å². The second kappa shape index (κ2) is 7.29. The van der Waals surface area contributed by atoms with Gasteiger partial charge in [0.1, 0.15) is 17.7 Å². The fraction of sp³-hybridized carbons (Fsp3) is 0.0800. The van der Waals surface area contributed by atoms with Gasteiger partial charge in [-0.1, -0.05) is 12.6 Å². The van der Waals surface area contributed by atoms with Gasteiger partial charge in [-0.05, 0) is 54.8 Å². The van der Waals surface area contributed by atoms with Crippen molar-refractivity contribution >= 4 is 16.8 Å². The normalized spacial score (nSPS) is 15.2. The minimum absolute atomic E-state index is 0.101. The van der Waals surface area contributed by atoms with Gasteiger partial charge in [-0.25, -0.2) is 8.78 Å². The maximum Gasteiger partial charge on any atom is 0.141 e. The number of halogens is 2. The number of fused-ring (bicyclic) bond motifs is 2. The van der Waals surface area contributed by atoms with E-state index in [-0.39, 0.29) is 11.1 Å². The second-order valence-electron chi connectivity index (χ2n) is 7.31. The Morgan fingerprint density at radius 1 is 1.03 bits per heavy atom. The number of allylic oxidation sites excluding steroid dienone is 4. The first-order valence-electron chi connectivity index (χ1n) is 9.77. The first-order chi connectivity index (χ1) is 15.1. The average Bonchev–Trinajstić information content (AvgIpc) is 2.80. The molecule has 2 aromatic heterocycles. The molecule has 0 spiro atoms. The van der Waals surface area contributed by atoms with Crippen molar-refractivity contribution in [1.29, 1.82) is 5.26 Å². The molecule has 5 rings (SSSR count). The van der Waals surface area contributed by atoms with Crippen LogP contribution in [-0.4, -0.2) is 9.97 Å². The Kier molecular flexibility index (Phi) is 4.45. The summed E-state index contributed by atoms with van der Waals surface area (Å²) >= 11 is 0. The molecule has 0 bridgehead atoms. The van der Waals surface area contributed by atoms with Crippen molar-refractivity contribution in [2.75, 3.05) is 4.90 Å². The lowest BCUT2D eigenvalue weighted by Crippen LogP contribution is -2.29. The highest BCUT2D eigenvalue weighted by atomic mass is 19.1. The summed E-state index contributed by atoms with van der Waals surface area (Å²) in [4.78, 5) is 10.7. The number of hydrogen-bond donors (Lipinski definition) is 0. The highest BCUT2D eigenvalue weighted by molar-refractivity contribution is 6.00. The van der Waals surface area contributed by atoms with Crippen LogP contribution >= 0.6 is 0 Å². The maximum absolute atomic E-state index is 15.0. The van der Waals surface area contributed by atoms with Crippen molar-refractivity contribution in [3.05, 3.63) is 113 Å². The molecule has 1 aromatic carbocycles. The van der Waals surface area contributed by atoms with Crippen molar-refractivity contribution < 1.29 is 8.78 Å². The molecule has 4 nitrogen and oxygen atoms in total. The van der Waals surface area contributed by atoms with Crippen molar-refractivity contribution in [3.8, 4) is 6.07 Å². The van der Waals surface area contributed by atoms with Gasteiger partial charge in [-0.2, -0.15) is 5.26 Å². The molecule has 0 fully saturated rings. The van der Waals surface area contributed by atoms with Crippen LogP contribution in [0.2, 0.25) is 0 Å². The van der Waals surface area contributed by atoms with Gasteiger partial charge in [0.25, 0.3) is 0 Å². The Morgan fingerprint density at radius 2 is 1.84 bits per heavy atom. The van der Waals surface area contributed by atoms with Crippen LogP contribution in [0, 0.1) is 23.0 Å². The van der Waals surface area contributed by atoms with E-state index in [1.165, 1.54) is 0 Å². The predicted molar refractivity (Wildman–Crippen MR) is 114 cm³/mol. The van der Waals surface area contributed by atoms with Crippen molar-refractivity contribution in [1.82, 2.24) is 9.97 Å². The number of nitrogens with zero attached hydrogens (tertiary/aromatic N) is 4. The SMILES string of the molecule is C=C1C(c2c(F)ccc(F)c2C#N)=CC2=C(CCc3cccnc32)N1c1cccnc1. The summed E-state index contributed by atoms with van der Waals surface area (Å²) in [5.74, 6) is -1.46. The number of aryl methyl sites for hydroxylation is 1. The van der Waals surface area contributed by atoms with E-state index in [0.717, 1.165) is 53.2 Å². The molecule has 0 radical (unpaired) electrons. The summed E-state index contributed by atoms with van der Waals surface area (Å²) in [7, 11) is 0. The minimum Gasteiger partial charge on any atom is -0.312 e. The summed E-state index contributed by atoms with van der Waals surface area (Å²) in [6, 6.07) is 11.4. The Labute approximate surface area is 178 Å². The van der Waals surface area contributed by atoms with Crippen LogP contribution in [-0.2, 0) is 6.42 Å². The number of anilines is 1. The Bertz CT molecular complexity index is 1330. The monoisotopic (exact) mass is 410 g/mol. The van der Waals surface area contributed by atoms with Gasteiger partial charge in [0.05, 0.1) is 23.1 Å². The van der Waals surface area contributed by atoms with E-state index in [1.807, 2.05) is 29.2 Å². The Balaban J connectivity index is 1.82. The fourth-order valence-corrected chi connectivity index (χ4v) is 4.24. The molecule has 150 valence electrons. The molecular formula is C25H16F2N4. The summed E-state index contributed by atoms with van der Waals surface area (Å²) in [5, 5.41) is 9.55. The number of aromatic nitrogens is 2. The second-order valence-corrected chi connectivity index (χ2v) is 7.31. The molecule has 0 N–H and O–H groups in total. The molecule has 6 heteroatoms. The smallest absolute Gasteiger partial charge is 0.141 e. The highest BCUT2D eigenvalue weighted by Crippen LogP contribution is 2.45. The third kappa shape index (κ3) is 2.94. The number of hydrogen-bond acceptors (Lipinski definition) is 4. The lowest BCUT2D eigenvalue weighted by atomic mass is 9.84. The van der Waals surface area contributed by atoms with E-state index in [1.54, 1.807) is 30.7 Å². The number of benzene rings is 1. The van der Waals surface area contributed by atoms with Gasteiger partial charge in [0.15, 0.2) is 0 Å². The zero-order valence-corrected chi connectivity index (χ0v) is 16.4. The van der Waals surface area contributed by atoms with Gasteiger partial charge in [-0.15, -0.1) is 0 Å². The zero-order chi connectivity index (χ0) is 21.5. The topological polar surface area (TPSA) is 52.8 Å². The summed E-state index contributed by atoms with van der Waals surface area (Å²) in [6.07, 6.45) is 8.37. The maximum atomic E-state index is 15.0. The largest absolute Gasteiger partial charge is 0.312 e. The van der Waals surface area contributed by atoms with Crippen LogP contribution in [0.5, 0.6) is 0 Å². The number of nitriles is 1. The zero-order valence-electron chi connectivity index (χ0n) is 16.4. The lowest BCUT2D eigenvalue weighted by Gasteiger charge is -2.38. The first kappa shape index (κ1) is 18.9. The van der Waals surface area contributed by atoms with E-state index in [9.17, 15) is 14.0 Å². The summed E-state index contributed by atoms with van der Waals surface area (Å²) < 4.78 is 29.4. The standard InChI is InChI=1S/C25H16F2N4/c1-15-18(24-20(13-28)21(26)7-8-22(24)27)12-19-23(31(15)17-5-3-10-29-14-17)9-6-16-4-2-11-30-25(16)19/h2-5,7-8,10-12,14H,1,6,9H2. The van der Waals surface area contributed by atoms with Gasteiger partial charge >= 0.3 is 0 Å². The number of rotatable bonds is 2. The van der Waals surface area contributed by atoms with Gasteiger partial charge in [0, 0.05) is 40.5 Å². The summed E-state index contributed by atoms with van der Waals surface area (Å²) in [6.45, 7) is 4.20. The van der Waals surface area contributed by atoms with Crippen molar-refractivity contribution in [2.24, 2.45) is 0 Å². The van der Waals surface area contributed by atoms with E-state index in [2.05, 4.69) is 16.5 Å². The van der Waals surface area contributed by atoms with Crippen LogP contribution in [0.1, 0.15) is 28.8 Å². The average molecular weight is 410 g/mol. The van der Waals surface area contributed by atoms with Crippen LogP contribution in [0.4, 0.5) is 14.5 Å². The fourth-order valence-electron chi connectivity index (χ4n) is 4.24. The molecule has 31 heavy (non-hydrogen) atoms. The molecule has 0 unspecified atom stereocenters. The quantitative estimate of drug-likeness (QED) is 0.568. The predicted octanol–water partition coefficient (Wildman–Crippen LogP) is 5.40. The molecule has 1 aliphatic heterocycles. The molecule has 0 saturated carbocycles. The number of pyridine rings is 2. The lowest BCUT2D eigenvalue weighted by molar-refractivity contribution is 0.593. The highest BCUT2D eigenvalue weighted by Gasteiger charge is 2.33. The molecule has 1 aliphatic carbocycles. The molecule has 3 heterocycles. The molecule has 2 aliphatic rings. The Hall–Kier alpha value is -4.11. The van der Waals surface area contributed by atoms with Gasteiger partial charge in [0.2, 0.25) is 0 Å². The third-order valence-electron chi connectivity index (χ3n) is 5.62. The van der Waals surface area contributed by atoms with Crippen LogP contribution in [0.25, 0.3) is 11.1 Å². The third-order valence-corrected chi connectivity index (χ3v) is 5.62. The van der Waals surface area contributed by atoms with Gasteiger partial charge < -0.3 is 4.90 Å². The van der Waals surface area contributed by atoms with E-state index in [0.29, 0.717) is 11.3 Å². The molecule has 0 saturated heterocycles. The van der Waals surface area contributed by atoms with Gasteiger partial charge in [-0.3, -0.25) is 9.97 Å². The molecule has 0 atom stereocenters. The van der Waals surface area contributed by atoms with Crippen LogP contribution < -0.4 is 4.90 Å². The molecular weight excluding hydrogens is 394 g/mol. The molecule has 0 amide bonds. The van der Waals surface area contributed by atoms with Crippen molar-refractivity contribution in [3.63, 3.8) is 0 Å². The van der Waals surface area contributed by atoms with Crippen LogP contribution in [0.3, 0.4) is 0 Å². The molecule has 3 aromatic rings. The van der Waals surface area contributed by atoms with Crippen LogP contribution in [0.15, 0.2) is 79.0 Å². The first-order valence-corrected chi connectivity index (χ1v) is 9.77. The summed E-state index contributed by atoms with van der Waals surface area (Å²) in [5.41, 5.74) is 4.73. The van der Waals surface area contributed by atoms with E-state index >= 15 is 0 Å². The Morgan fingerprint density at radius 3 is 2.61 bits per heavy atom. The van der Waals surface area contributed by atoms with E-state index < -0.39 is 11.6 Å².